The first-order valence-electron chi connectivity index (χ1n) is 6.83. The Morgan fingerprint density at radius 2 is 2.11 bits per heavy atom. The van der Waals surface area contributed by atoms with Crippen LogP contribution in [0.2, 0.25) is 0 Å². The molecule has 1 aromatic carbocycles. The predicted octanol–water partition coefficient (Wildman–Crippen LogP) is 3.03. The van der Waals surface area contributed by atoms with Gasteiger partial charge in [0.25, 0.3) is 0 Å². The largest absolute Gasteiger partial charge is 0.480 e. The Hall–Kier alpha value is -1.00. The fraction of sp³-hybridized carbons (Fsp3) is 0.533. The molecule has 19 heavy (non-hydrogen) atoms. The van der Waals surface area contributed by atoms with Crippen molar-refractivity contribution in [2.75, 3.05) is 18.8 Å². The van der Waals surface area contributed by atoms with Crippen molar-refractivity contribution < 1.29 is 9.90 Å². The molecule has 1 atom stereocenters. The van der Waals surface area contributed by atoms with E-state index in [1.165, 1.54) is 10.5 Å². The molecular weight excluding hydrogens is 258 g/mol. The first-order chi connectivity index (χ1) is 9.16. The maximum atomic E-state index is 11.2. The molecular formula is C15H21NO2S. The van der Waals surface area contributed by atoms with Crippen LogP contribution in [0.3, 0.4) is 0 Å². The quantitative estimate of drug-likeness (QED) is 0.841. The zero-order valence-electron chi connectivity index (χ0n) is 11.3. The van der Waals surface area contributed by atoms with E-state index in [9.17, 15) is 9.90 Å². The van der Waals surface area contributed by atoms with E-state index in [1.807, 2.05) is 0 Å². The number of benzene rings is 1. The lowest BCUT2D eigenvalue weighted by Crippen LogP contribution is -2.45. The van der Waals surface area contributed by atoms with Gasteiger partial charge in [0, 0.05) is 17.2 Å². The first kappa shape index (κ1) is 14.4. The van der Waals surface area contributed by atoms with Crippen LogP contribution in [0.5, 0.6) is 0 Å². The summed E-state index contributed by atoms with van der Waals surface area (Å²) >= 11 is 1.80. The predicted molar refractivity (Wildman–Crippen MR) is 78.8 cm³/mol. The lowest BCUT2D eigenvalue weighted by molar-refractivity contribution is -0.144. The van der Waals surface area contributed by atoms with Crippen molar-refractivity contribution in [3.63, 3.8) is 0 Å². The number of likely N-dealkylation sites (tertiary alicyclic amines) is 1. The Kier molecular flexibility index (Phi) is 5.28. The number of hydrogen-bond donors (Lipinski definition) is 1. The average molecular weight is 279 g/mol. The molecule has 2 rings (SSSR count). The first-order valence-corrected chi connectivity index (χ1v) is 7.82. The van der Waals surface area contributed by atoms with Crippen LogP contribution in [0.25, 0.3) is 0 Å². The molecule has 1 aliphatic rings. The molecule has 0 aromatic heterocycles. The molecule has 104 valence electrons. The Morgan fingerprint density at radius 1 is 1.37 bits per heavy atom. The molecule has 1 N–H and O–H groups in total. The zero-order chi connectivity index (χ0) is 13.7. The lowest BCUT2D eigenvalue weighted by Gasteiger charge is -2.32. The van der Waals surface area contributed by atoms with E-state index in [2.05, 4.69) is 36.1 Å². The van der Waals surface area contributed by atoms with Gasteiger partial charge >= 0.3 is 5.97 Å². The van der Waals surface area contributed by atoms with Gasteiger partial charge in [0.05, 0.1) is 0 Å². The van der Waals surface area contributed by atoms with E-state index in [0.717, 1.165) is 38.1 Å². The second kappa shape index (κ2) is 6.96. The van der Waals surface area contributed by atoms with E-state index >= 15 is 0 Å². The van der Waals surface area contributed by atoms with Crippen molar-refractivity contribution in [3.05, 3.63) is 29.8 Å². The number of hydrogen-bond acceptors (Lipinski definition) is 3. The second-order valence-corrected chi connectivity index (χ2v) is 6.22. The molecule has 0 saturated carbocycles. The number of aryl methyl sites for hydroxylation is 1. The van der Waals surface area contributed by atoms with Crippen molar-refractivity contribution in [1.29, 1.82) is 0 Å². The highest BCUT2D eigenvalue weighted by Crippen LogP contribution is 2.21. The SMILES string of the molecule is Cc1ccc(SCCN2CCCCC2C(=O)O)cc1. The number of carbonyl (C=O) groups is 1. The van der Waals surface area contributed by atoms with Gasteiger partial charge in [-0.05, 0) is 38.4 Å². The van der Waals surface area contributed by atoms with Crippen LogP contribution in [0.15, 0.2) is 29.2 Å². The van der Waals surface area contributed by atoms with Crippen molar-refractivity contribution in [3.8, 4) is 0 Å². The molecule has 3 nitrogen and oxygen atoms in total. The van der Waals surface area contributed by atoms with Gasteiger partial charge in [-0.15, -0.1) is 11.8 Å². The fourth-order valence-electron chi connectivity index (χ4n) is 2.45. The van der Waals surface area contributed by atoms with Crippen LogP contribution in [0.1, 0.15) is 24.8 Å². The van der Waals surface area contributed by atoms with Crippen molar-refractivity contribution in [1.82, 2.24) is 4.90 Å². The molecule has 0 spiro atoms. The third-order valence-electron chi connectivity index (χ3n) is 3.57. The van der Waals surface area contributed by atoms with Gasteiger partial charge in [0.1, 0.15) is 6.04 Å². The van der Waals surface area contributed by atoms with Gasteiger partial charge in [-0.2, -0.15) is 0 Å². The van der Waals surface area contributed by atoms with Crippen LogP contribution in [0.4, 0.5) is 0 Å². The van der Waals surface area contributed by atoms with E-state index < -0.39 is 5.97 Å². The highest BCUT2D eigenvalue weighted by atomic mass is 32.2. The highest BCUT2D eigenvalue weighted by molar-refractivity contribution is 7.99. The number of aliphatic carboxylic acids is 1. The third-order valence-corrected chi connectivity index (χ3v) is 4.56. The summed E-state index contributed by atoms with van der Waals surface area (Å²) in [6, 6.07) is 8.22. The van der Waals surface area contributed by atoms with Crippen LogP contribution in [0, 0.1) is 6.92 Å². The third kappa shape index (κ3) is 4.25. The lowest BCUT2D eigenvalue weighted by atomic mass is 10.0. The molecule has 1 aliphatic heterocycles. The minimum Gasteiger partial charge on any atom is -0.480 e. The van der Waals surface area contributed by atoms with Gasteiger partial charge in [0.15, 0.2) is 0 Å². The minimum atomic E-state index is -0.667. The van der Waals surface area contributed by atoms with E-state index in [1.54, 1.807) is 11.8 Å². The number of piperidine rings is 1. The van der Waals surface area contributed by atoms with E-state index in [4.69, 9.17) is 0 Å². The van der Waals surface area contributed by atoms with Gasteiger partial charge in [-0.1, -0.05) is 24.1 Å². The molecule has 0 bridgehead atoms. The smallest absolute Gasteiger partial charge is 0.320 e. The maximum Gasteiger partial charge on any atom is 0.320 e. The molecule has 1 fully saturated rings. The monoisotopic (exact) mass is 279 g/mol. The molecule has 0 aliphatic carbocycles. The topological polar surface area (TPSA) is 40.5 Å². The van der Waals surface area contributed by atoms with Crippen molar-refractivity contribution in [2.24, 2.45) is 0 Å². The molecule has 1 saturated heterocycles. The van der Waals surface area contributed by atoms with Crippen LogP contribution in [-0.2, 0) is 4.79 Å². The van der Waals surface area contributed by atoms with Crippen molar-refractivity contribution >= 4 is 17.7 Å². The number of nitrogens with zero attached hydrogens (tertiary/aromatic N) is 1. The molecule has 0 amide bonds. The van der Waals surface area contributed by atoms with Gasteiger partial charge in [-0.25, -0.2) is 0 Å². The number of carboxylic acid groups (broad SMARTS) is 1. The van der Waals surface area contributed by atoms with Crippen LogP contribution < -0.4 is 0 Å². The molecule has 0 radical (unpaired) electrons. The fourth-order valence-corrected chi connectivity index (χ4v) is 3.34. The van der Waals surface area contributed by atoms with Crippen molar-refractivity contribution in [2.45, 2.75) is 37.1 Å². The summed E-state index contributed by atoms with van der Waals surface area (Å²) in [6.45, 7) is 3.86. The Bertz CT molecular complexity index is 419. The summed E-state index contributed by atoms with van der Waals surface area (Å²) in [6.07, 6.45) is 2.96. The van der Waals surface area contributed by atoms with Gasteiger partial charge in [0.2, 0.25) is 0 Å². The molecule has 1 heterocycles. The summed E-state index contributed by atoms with van der Waals surface area (Å²) in [4.78, 5) is 14.6. The molecule has 4 heteroatoms. The Morgan fingerprint density at radius 3 is 2.79 bits per heavy atom. The average Bonchev–Trinajstić information content (AvgIpc) is 2.41. The van der Waals surface area contributed by atoms with Gasteiger partial charge < -0.3 is 5.11 Å². The Labute approximate surface area is 119 Å². The number of carboxylic acids is 1. The standard InChI is InChI=1S/C15H21NO2S/c1-12-5-7-13(8-6-12)19-11-10-16-9-3-2-4-14(16)15(17)18/h5-8,14H,2-4,9-11H2,1H3,(H,17,18). The zero-order valence-corrected chi connectivity index (χ0v) is 12.2. The van der Waals surface area contributed by atoms with E-state index in [0.29, 0.717) is 0 Å². The summed E-state index contributed by atoms with van der Waals surface area (Å²) in [5.41, 5.74) is 1.27. The number of thioether (sulfide) groups is 1. The summed E-state index contributed by atoms with van der Waals surface area (Å²) in [5.74, 6) is 0.285. The second-order valence-electron chi connectivity index (χ2n) is 5.05. The molecule has 1 aromatic rings. The Balaban J connectivity index is 1.80. The number of rotatable bonds is 5. The summed E-state index contributed by atoms with van der Waals surface area (Å²) in [5, 5.41) is 9.21. The van der Waals surface area contributed by atoms with Crippen LogP contribution in [-0.4, -0.2) is 40.9 Å². The summed E-state index contributed by atoms with van der Waals surface area (Å²) < 4.78 is 0. The van der Waals surface area contributed by atoms with E-state index in [-0.39, 0.29) is 6.04 Å². The van der Waals surface area contributed by atoms with Gasteiger partial charge in [-0.3, -0.25) is 9.69 Å². The molecule has 1 unspecified atom stereocenters. The normalized spacial score (nSPS) is 20.4. The minimum absolute atomic E-state index is 0.271. The summed E-state index contributed by atoms with van der Waals surface area (Å²) in [7, 11) is 0. The highest BCUT2D eigenvalue weighted by Gasteiger charge is 2.27. The maximum absolute atomic E-state index is 11.2. The van der Waals surface area contributed by atoms with Crippen LogP contribution >= 0.6 is 11.8 Å².